The minimum Gasteiger partial charge on any atom is -0.206 e. The molecule has 0 atom stereocenters. The number of hydrogen-bond donors (Lipinski definition) is 0. The normalized spacial score (nSPS) is 10.4. The lowest BCUT2D eigenvalue weighted by atomic mass is 10.0. The minimum absolute atomic E-state index is 0.332. The van der Waals surface area contributed by atoms with Crippen molar-refractivity contribution < 1.29 is 4.39 Å². The van der Waals surface area contributed by atoms with Gasteiger partial charge >= 0.3 is 0 Å². The Balaban J connectivity index is 1.50. The van der Waals surface area contributed by atoms with Crippen LogP contribution >= 0.6 is 0 Å². The molecular weight excluding hydrogens is 451 g/mol. The van der Waals surface area contributed by atoms with Crippen LogP contribution in [0.1, 0.15) is 111 Å². The first kappa shape index (κ1) is 28.3. The van der Waals surface area contributed by atoms with E-state index in [1.165, 1.54) is 81.4 Å². The molecule has 3 aromatic rings. The Hall–Kier alpha value is -3.29. The van der Waals surface area contributed by atoms with Crippen molar-refractivity contribution in [2.45, 2.75) is 90.9 Å². The van der Waals surface area contributed by atoms with Crippen molar-refractivity contribution in [2.75, 3.05) is 0 Å². The number of halogens is 1. The van der Waals surface area contributed by atoms with Gasteiger partial charge in [0.15, 0.2) is 0 Å². The third-order valence-corrected chi connectivity index (χ3v) is 6.71. The van der Waals surface area contributed by atoms with E-state index < -0.39 is 0 Å². The van der Waals surface area contributed by atoms with Crippen molar-refractivity contribution >= 4 is 0 Å². The van der Waals surface area contributed by atoms with Crippen molar-refractivity contribution in [1.29, 1.82) is 0 Å². The average molecular weight is 493 g/mol. The Morgan fingerprint density at radius 2 is 0.919 bits per heavy atom. The quantitative estimate of drug-likeness (QED) is 0.174. The molecule has 0 unspecified atom stereocenters. The van der Waals surface area contributed by atoms with Gasteiger partial charge in [-0.2, -0.15) is 0 Å². The van der Waals surface area contributed by atoms with E-state index in [0.29, 0.717) is 11.1 Å². The van der Waals surface area contributed by atoms with Crippen LogP contribution in [0.5, 0.6) is 0 Å². The van der Waals surface area contributed by atoms with Gasteiger partial charge in [-0.3, -0.25) is 0 Å². The van der Waals surface area contributed by atoms with Gasteiger partial charge < -0.3 is 0 Å². The summed E-state index contributed by atoms with van der Waals surface area (Å²) >= 11 is 0. The highest BCUT2D eigenvalue weighted by molar-refractivity contribution is 5.49. The van der Waals surface area contributed by atoms with E-state index in [4.69, 9.17) is 0 Å². The Morgan fingerprint density at radius 1 is 0.486 bits per heavy atom. The Labute approximate surface area is 224 Å². The van der Waals surface area contributed by atoms with E-state index in [2.05, 4.69) is 61.8 Å². The molecule has 0 spiro atoms. The fourth-order valence-corrected chi connectivity index (χ4v) is 4.35. The van der Waals surface area contributed by atoms with Gasteiger partial charge in [0.25, 0.3) is 0 Å². The molecule has 192 valence electrons. The van der Waals surface area contributed by atoms with Crippen LogP contribution in [0, 0.1) is 29.5 Å². The van der Waals surface area contributed by atoms with Gasteiger partial charge in [0.1, 0.15) is 5.82 Å². The van der Waals surface area contributed by atoms with E-state index in [9.17, 15) is 4.39 Å². The highest BCUT2D eigenvalue weighted by Gasteiger charge is 2.01. The summed E-state index contributed by atoms with van der Waals surface area (Å²) in [5.74, 6) is 12.0. The largest absolute Gasteiger partial charge is 0.206 e. The number of aryl methyl sites for hydroxylation is 2. The van der Waals surface area contributed by atoms with E-state index in [1.807, 2.05) is 30.3 Å². The zero-order valence-electron chi connectivity index (χ0n) is 22.7. The van der Waals surface area contributed by atoms with Crippen molar-refractivity contribution in [1.82, 2.24) is 0 Å². The second-order valence-corrected chi connectivity index (χ2v) is 9.92. The van der Waals surface area contributed by atoms with Crippen molar-refractivity contribution in [3.8, 4) is 23.7 Å². The first-order valence-corrected chi connectivity index (χ1v) is 14.2. The SMILES string of the molecule is CCCCCCCCCc1ccc(C#Cc2ccc(C#Cc3ccc(CCCCC)cc3)cc2F)cc1. The number of hydrogen-bond acceptors (Lipinski definition) is 0. The highest BCUT2D eigenvalue weighted by Crippen LogP contribution is 2.13. The lowest BCUT2D eigenvalue weighted by Gasteiger charge is -2.02. The van der Waals surface area contributed by atoms with Gasteiger partial charge in [0, 0.05) is 16.7 Å². The number of benzene rings is 3. The zero-order chi connectivity index (χ0) is 26.1. The van der Waals surface area contributed by atoms with E-state index in [0.717, 1.165) is 24.0 Å². The summed E-state index contributed by atoms with van der Waals surface area (Å²) in [6.45, 7) is 4.48. The molecule has 0 radical (unpaired) electrons. The first-order chi connectivity index (χ1) is 18.2. The molecule has 0 aliphatic heterocycles. The maximum Gasteiger partial charge on any atom is 0.140 e. The maximum atomic E-state index is 14.6. The molecule has 0 fully saturated rings. The van der Waals surface area contributed by atoms with E-state index >= 15 is 0 Å². The molecule has 0 saturated carbocycles. The van der Waals surface area contributed by atoms with Gasteiger partial charge in [-0.15, -0.1) is 0 Å². The predicted molar refractivity (Wildman–Crippen MR) is 156 cm³/mol. The van der Waals surface area contributed by atoms with Crippen molar-refractivity contribution in [2.24, 2.45) is 0 Å². The summed E-state index contributed by atoms with van der Waals surface area (Å²) in [4.78, 5) is 0. The van der Waals surface area contributed by atoms with Crippen LogP contribution in [0.2, 0.25) is 0 Å². The second-order valence-electron chi connectivity index (χ2n) is 9.92. The smallest absolute Gasteiger partial charge is 0.140 e. The fourth-order valence-electron chi connectivity index (χ4n) is 4.35. The van der Waals surface area contributed by atoms with Crippen LogP contribution in [0.15, 0.2) is 66.7 Å². The molecule has 0 aliphatic carbocycles. The third-order valence-electron chi connectivity index (χ3n) is 6.71. The summed E-state index contributed by atoms with van der Waals surface area (Å²) in [5, 5.41) is 0. The number of unbranched alkanes of at least 4 members (excludes halogenated alkanes) is 8. The summed E-state index contributed by atoms with van der Waals surface area (Å²) in [6.07, 6.45) is 15.2. The summed E-state index contributed by atoms with van der Waals surface area (Å²) < 4.78 is 14.6. The first-order valence-electron chi connectivity index (χ1n) is 14.2. The van der Waals surface area contributed by atoms with Gasteiger partial charge in [0.2, 0.25) is 0 Å². The standard InChI is InChI=1S/C36H41F/c1-3-5-7-8-9-10-12-14-31-17-21-33(22-18-31)25-27-35-28-26-34(29-36(35)37)24-23-32-19-15-30(16-20-32)13-11-6-4-2/h15-22,26,28-29H,3-14H2,1-2H3. The van der Waals surface area contributed by atoms with Gasteiger partial charge in [-0.25, -0.2) is 4.39 Å². The van der Waals surface area contributed by atoms with Crippen molar-refractivity contribution in [3.63, 3.8) is 0 Å². The maximum absolute atomic E-state index is 14.6. The molecule has 0 aliphatic rings. The monoisotopic (exact) mass is 492 g/mol. The zero-order valence-corrected chi connectivity index (χ0v) is 22.7. The number of rotatable bonds is 12. The fraction of sp³-hybridized carbons (Fsp3) is 0.389. The molecule has 1 heteroatoms. The molecule has 0 N–H and O–H groups in total. The van der Waals surface area contributed by atoms with Crippen LogP contribution in [-0.2, 0) is 12.8 Å². The summed E-state index contributed by atoms with van der Waals surface area (Å²) in [5.41, 5.74) is 5.60. The molecule has 0 heterocycles. The molecule has 0 amide bonds. The highest BCUT2D eigenvalue weighted by atomic mass is 19.1. The molecule has 0 saturated heterocycles. The van der Waals surface area contributed by atoms with Crippen LogP contribution in [-0.4, -0.2) is 0 Å². The predicted octanol–water partition coefficient (Wildman–Crippen LogP) is 9.65. The van der Waals surface area contributed by atoms with E-state index in [1.54, 1.807) is 6.07 Å². The Bertz CT molecular complexity index is 1190. The molecule has 0 bridgehead atoms. The second kappa shape index (κ2) is 16.5. The third kappa shape index (κ3) is 10.7. The Morgan fingerprint density at radius 3 is 1.49 bits per heavy atom. The van der Waals surface area contributed by atoms with Gasteiger partial charge in [0.05, 0.1) is 5.56 Å². The average Bonchev–Trinajstić information content (AvgIpc) is 2.92. The lowest BCUT2D eigenvalue weighted by Crippen LogP contribution is -1.88. The van der Waals surface area contributed by atoms with Gasteiger partial charge in [-0.1, -0.05) is 113 Å². The van der Waals surface area contributed by atoms with Crippen LogP contribution in [0.3, 0.4) is 0 Å². The van der Waals surface area contributed by atoms with Crippen molar-refractivity contribution in [3.05, 3.63) is 106 Å². The Kier molecular flexibility index (Phi) is 12.6. The van der Waals surface area contributed by atoms with Crippen LogP contribution < -0.4 is 0 Å². The van der Waals surface area contributed by atoms with Crippen LogP contribution in [0.25, 0.3) is 0 Å². The minimum atomic E-state index is -0.332. The van der Waals surface area contributed by atoms with Gasteiger partial charge in [-0.05, 0) is 79.3 Å². The molecule has 3 rings (SSSR count). The summed E-state index contributed by atoms with van der Waals surface area (Å²) in [6, 6.07) is 21.8. The topological polar surface area (TPSA) is 0 Å². The molecule has 37 heavy (non-hydrogen) atoms. The molecule has 0 nitrogen and oxygen atoms in total. The summed E-state index contributed by atoms with van der Waals surface area (Å²) in [7, 11) is 0. The molecule has 3 aromatic carbocycles. The van der Waals surface area contributed by atoms with Crippen LogP contribution in [0.4, 0.5) is 4.39 Å². The molecule has 0 aromatic heterocycles. The van der Waals surface area contributed by atoms with E-state index in [-0.39, 0.29) is 5.82 Å². The molecular formula is C36H41F. The lowest BCUT2D eigenvalue weighted by molar-refractivity contribution is 0.589.